The third-order valence-corrected chi connectivity index (χ3v) is 8.57. The van der Waals surface area contributed by atoms with Gasteiger partial charge in [0.1, 0.15) is 17.6 Å². The Labute approximate surface area is 221 Å². The predicted octanol–water partition coefficient (Wildman–Crippen LogP) is 5.54. The van der Waals surface area contributed by atoms with E-state index in [9.17, 15) is 9.59 Å². The number of hydrogen-bond acceptors (Lipinski definition) is 7. The van der Waals surface area contributed by atoms with Crippen molar-refractivity contribution in [2.24, 2.45) is 4.99 Å². The molecule has 1 atom stereocenters. The third-order valence-electron chi connectivity index (χ3n) is 5.43. The minimum Gasteiger partial charge on any atom is -0.463 e. The van der Waals surface area contributed by atoms with Crippen molar-refractivity contribution in [1.82, 2.24) is 4.57 Å². The van der Waals surface area contributed by atoms with Crippen LogP contribution in [-0.2, 0) is 9.53 Å². The van der Waals surface area contributed by atoms with Crippen molar-refractivity contribution < 1.29 is 13.9 Å². The molecule has 0 saturated heterocycles. The number of hydrogen-bond donors (Lipinski definition) is 0. The number of nitrogens with zero attached hydrogens (tertiary/aromatic N) is 2. The van der Waals surface area contributed by atoms with Crippen LogP contribution in [0.25, 0.3) is 17.4 Å². The first kappa shape index (κ1) is 24.0. The van der Waals surface area contributed by atoms with Crippen molar-refractivity contribution in [3.63, 3.8) is 0 Å². The molecule has 4 heterocycles. The van der Waals surface area contributed by atoms with Gasteiger partial charge in [-0.05, 0) is 65.5 Å². The fourth-order valence-electron chi connectivity index (χ4n) is 3.87. The number of ether oxygens (including phenoxy) is 1. The van der Waals surface area contributed by atoms with Crippen LogP contribution < -0.4 is 14.9 Å². The summed E-state index contributed by atoms with van der Waals surface area (Å²) in [5.74, 6) is 0.693. The monoisotopic (exact) mass is 588 g/mol. The van der Waals surface area contributed by atoms with Crippen molar-refractivity contribution in [3.8, 4) is 11.3 Å². The lowest BCUT2D eigenvalue weighted by Gasteiger charge is -2.23. The van der Waals surface area contributed by atoms with Crippen LogP contribution in [0.5, 0.6) is 0 Å². The molecule has 10 heteroatoms. The van der Waals surface area contributed by atoms with E-state index in [0.29, 0.717) is 37.1 Å². The Morgan fingerprint density at radius 3 is 2.86 bits per heavy atom. The Morgan fingerprint density at radius 1 is 1.31 bits per heavy atom. The lowest BCUT2D eigenvalue weighted by Crippen LogP contribution is -2.39. The molecule has 1 aliphatic rings. The van der Waals surface area contributed by atoms with Crippen molar-refractivity contribution in [2.75, 3.05) is 6.61 Å². The molecule has 4 aromatic rings. The van der Waals surface area contributed by atoms with Crippen molar-refractivity contribution in [3.05, 3.63) is 98.9 Å². The Morgan fingerprint density at radius 2 is 2.14 bits per heavy atom. The van der Waals surface area contributed by atoms with E-state index in [1.54, 1.807) is 30.6 Å². The molecule has 35 heavy (non-hydrogen) atoms. The number of esters is 1. The van der Waals surface area contributed by atoms with Gasteiger partial charge in [-0.3, -0.25) is 9.36 Å². The van der Waals surface area contributed by atoms with Gasteiger partial charge < -0.3 is 9.15 Å². The number of allylic oxidation sites excluding steroid dienone is 1. The van der Waals surface area contributed by atoms with Crippen molar-refractivity contribution in [1.29, 1.82) is 0 Å². The van der Waals surface area contributed by atoms with Gasteiger partial charge in [-0.15, -0.1) is 11.3 Å². The van der Waals surface area contributed by atoms with Gasteiger partial charge in [0.25, 0.3) is 5.56 Å². The van der Waals surface area contributed by atoms with Crippen molar-refractivity contribution >= 4 is 62.2 Å². The van der Waals surface area contributed by atoms with E-state index in [1.807, 2.05) is 41.8 Å². The molecule has 178 valence electrons. The van der Waals surface area contributed by atoms with Gasteiger partial charge in [0.15, 0.2) is 4.80 Å². The molecule has 0 amide bonds. The van der Waals surface area contributed by atoms with Crippen LogP contribution in [0.4, 0.5) is 0 Å². The highest BCUT2D eigenvalue weighted by atomic mass is 79.9. The normalized spacial score (nSPS) is 15.8. The largest absolute Gasteiger partial charge is 0.463 e. The van der Waals surface area contributed by atoms with E-state index in [4.69, 9.17) is 20.8 Å². The minimum atomic E-state index is -0.593. The number of thiazole rings is 1. The first-order chi connectivity index (χ1) is 16.9. The van der Waals surface area contributed by atoms with E-state index in [0.717, 1.165) is 14.9 Å². The summed E-state index contributed by atoms with van der Waals surface area (Å²) < 4.78 is 14.1. The van der Waals surface area contributed by atoms with Crippen molar-refractivity contribution in [2.45, 2.75) is 19.9 Å². The molecule has 1 aliphatic heterocycles. The van der Waals surface area contributed by atoms with E-state index in [-0.39, 0.29) is 12.2 Å². The molecular weight excluding hydrogens is 572 g/mol. The number of fused-ring (bicyclic) bond motifs is 1. The standard InChI is InChI=1S/C25H18BrClN2O4S2/c1-3-32-24(31)21-13(2)28-25-29(22(21)19-5-4-10-34-19)23(30)20(35-25)12-15-7-9-18(33-15)14-6-8-16(26)17(27)11-14/h4-12,22H,3H2,1-2H3. The average Bonchev–Trinajstić information content (AvgIpc) is 3.57. The summed E-state index contributed by atoms with van der Waals surface area (Å²) in [5.41, 5.74) is 1.50. The summed E-state index contributed by atoms with van der Waals surface area (Å²) in [7, 11) is 0. The first-order valence-electron chi connectivity index (χ1n) is 10.7. The summed E-state index contributed by atoms with van der Waals surface area (Å²) in [6.07, 6.45) is 1.70. The number of carbonyl (C=O) groups is 1. The molecule has 0 bridgehead atoms. The van der Waals surface area contributed by atoms with Crippen LogP contribution >= 0.6 is 50.2 Å². The molecule has 3 aromatic heterocycles. The molecule has 0 fully saturated rings. The Bertz CT molecular complexity index is 1650. The smallest absolute Gasteiger partial charge is 0.338 e. The van der Waals surface area contributed by atoms with Crippen LogP contribution in [0.15, 0.2) is 77.8 Å². The van der Waals surface area contributed by atoms with Gasteiger partial charge in [0.05, 0.1) is 27.4 Å². The van der Waals surface area contributed by atoms with Gasteiger partial charge >= 0.3 is 5.97 Å². The second-order valence-electron chi connectivity index (χ2n) is 7.65. The maximum absolute atomic E-state index is 13.6. The molecule has 1 aromatic carbocycles. The zero-order valence-electron chi connectivity index (χ0n) is 18.6. The zero-order chi connectivity index (χ0) is 24.7. The second-order valence-corrected chi connectivity index (χ2v) is 10.9. The zero-order valence-corrected chi connectivity index (χ0v) is 22.6. The fourth-order valence-corrected chi connectivity index (χ4v) is 6.15. The van der Waals surface area contributed by atoms with Gasteiger partial charge in [-0.25, -0.2) is 9.79 Å². The highest BCUT2D eigenvalue weighted by Gasteiger charge is 2.33. The minimum absolute atomic E-state index is 0.238. The van der Waals surface area contributed by atoms with E-state index >= 15 is 0 Å². The highest BCUT2D eigenvalue weighted by molar-refractivity contribution is 9.10. The number of benzene rings is 1. The highest BCUT2D eigenvalue weighted by Crippen LogP contribution is 2.33. The van der Waals surface area contributed by atoms with Gasteiger partial charge in [-0.1, -0.05) is 35.1 Å². The number of rotatable bonds is 5. The Hall–Kier alpha value is -2.72. The number of furan rings is 1. The molecule has 1 unspecified atom stereocenters. The summed E-state index contributed by atoms with van der Waals surface area (Å²) in [5, 5.41) is 2.50. The Kier molecular flexibility index (Phi) is 6.67. The van der Waals surface area contributed by atoms with Crippen LogP contribution in [0.2, 0.25) is 5.02 Å². The first-order valence-corrected chi connectivity index (χ1v) is 13.5. The van der Waals surface area contributed by atoms with Crippen LogP contribution in [-0.4, -0.2) is 17.1 Å². The van der Waals surface area contributed by atoms with Gasteiger partial charge in [-0.2, -0.15) is 0 Å². The average molecular weight is 590 g/mol. The summed E-state index contributed by atoms with van der Waals surface area (Å²) in [4.78, 5) is 32.4. The number of aromatic nitrogens is 1. The SMILES string of the molecule is CCOC(=O)C1=C(C)N=c2sc(=Cc3ccc(-c4ccc(Br)c(Cl)c4)o3)c(=O)n2C1c1cccs1. The summed E-state index contributed by atoms with van der Waals surface area (Å²) in [6.45, 7) is 3.76. The molecule has 5 rings (SSSR count). The van der Waals surface area contributed by atoms with Crippen LogP contribution in [0.1, 0.15) is 30.5 Å². The molecular formula is C25H18BrClN2O4S2. The van der Waals surface area contributed by atoms with Gasteiger partial charge in [0.2, 0.25) is 0 Å². The predicted molar refractivity (Wildman–Crippen MR) is 142 cm³/mol. The summed E-state index contributed by atoms with van der Waals surface area (Å²) in [6, 6.07) is 12.4. The maximum atomic E-state index is 13.6. The number of thiophene rings is 1. The van der Waals surface area contributed by atoms with E-state index in [2.05, 4.69) is 20.9 Å². The third kappa shape index (κ3) is 4.49. The fraction of sp³-hybridized carbons (Fsp3) is 0.160. The second kappa shape index (κ2) is 9.73. The summed E-state index contributed by atoms with van der Waals surface area (Å²) >= 11 is 12.3. The van der Waals surface area contributed by atoms with Gasteiger partial charge in [0, 0.05) is 21.0 Å². The molecule has 0 saturated carbocycles. The molecule has 0 N–H and O–H groups in total. The van der Waals surface area contributed by atoms with Crippen LogP contribution in [0.3, 0.4) is 0 Å². The molecule has 0 aliphatic carbocycles. The maximum Gasteiger partial charge on any atom is 0.338 e. The number of carbonyl (C=O) groups excluding carboxylic acids is 1. The Balaban J connectivity index is 1.61. The quantitative estimate of drug-likeness (QED) is 0.287. The lowest BCUT2D eigenvalue weighted by molar-refractivity contribution is -0.139. The molecule has 6 nitrogen and oxygen atoms in total. The molecule has 0 spiro atoms. The molecule has 0 radical (unpaired) electrons. The topological polar surface area (TPSA) is 73.8 Å². The van der Waals surface area contributed by atoms with Crippen LogP contribution in [0, 0.1) is 0 Å². The lowest BCUT2D eigenvalue weighted by atomic mass is 10.0. The number of halogens is 2. The van der Waals surface area contributed by atoms with E-state index < -0.39 is 12.0 Å². The van der Waals surface area contributed by atoms with E-state index in [1.165, 1.54) is 22.7 Å².